The standard InChI is InChI=1S/C7H15N3O3/c1-10(6-7(12)9-8)2-4-13-5-3-11/h3H,2,4-6,8H2,1H3,(H,9,12). The van der Waals surface area contributed by atoms with Crippen LogP contribution in [0, 0.1) is 0 Å². The van der Waals surface area contributed by atoms with Crippen molar-refractivity contribution in [1.29, 1.82) is 0 Å². The number of carbonyl (C=O) groups excluding carboxylic acids is 2. The Balaban J connectivity index is 3.34. The van der Waals surface area contributed by atoms with E-state index in [1.165, 1.54) is 0 Å². The van der Waals surface area contributed by atoms with Crippen molar-refractivity contribution in [3.05, 3.63) is 0 Å². The summed E-state index contributed by atoms with van der Waals surface area (Å²) in [4.78, 5) is 22.3. The van der Waals surface area contributed by atoms with Crippen molar-refractivity contribution in [2.75, 3.05) is 33.4 Å². The lowest BCUT2D eigenvalue weighted by Crippen LogP contribution is -2.39. The molecule has 0 rings (SSSR count). The van der Waals surface area contributed by atoms with Crippen LogP contribution in [0.1, 0.15) is 0 Å². The fourth-order valence-corrected chi connectivity index (χ4v) is 0.722. The van der Waals surface area contributed by atoms with Crippen LogP contribution in [0.3, 0.4) is 0 Å². The summed E-state index contributed by atoms with van der Waals surface area (Å²) in [6.07, 6.45) is 0.687. The Bertz CT molecular complexity index is 163. The summed E-state index contributed by atoms with van der Waals surface area (Å²) in [5.74, 6) is 4.64. The van der Waals surface area contributed by atoms with E-state index >= 15 is 0 Å². The molecule has 0 heterocycles. The molecule has 0 saturated carbocycles. The van der Waals surface area contributed by atoms with Gasteiger partial charge in [0.05, 0.1) is 13.2 Å². The predicted molar refractivity (Wildman–Crippen MR) is 46.7 cm³/mol. The number of nitrogens with one attached hydrogen (secondary N) is 1. The van der Waals surface area contributed by atoms with Crippen LogP contribution < -0.4 is 11.3 Å². The zero-order valence-electron chi connectivity index (χ0n) is 7.66. The molecule has 1 amide bonds. The third kappa shape index (κ3) is 7.38. The second kappa shape index (κ2) is 7.66. The molecule has 0 aliphatic rings. The monoisotopic (exact) mass is 189 g/mol. The van der Waals surface area contributed by atoms with Crippen LogP contribution in [0.2, 0.25) is 0 Å². The second-order valence-corrected chi connectivity index (χ2v) is 2.55. The first-order chi connectivity index (χ1) is 6.20. The predicted octanol–water partition coefficient (Wildman–Crippen LogP) is -1.88. The Kier molecular flexibility index (Phi) is 7.08. The van der Waals surface area contributed by atoms with Gasteiger partial charge >= 0.3 is 0 Å². The van der Waals surface area contributed by atoms with E-state index in [0.717, 1.165) is 0 Å². The number of ether oxygens (including phenoxy) is 1. The van der Waals surface area contributed by atoms with Crippen LogP contribution in [0.25, 0.3) is 0 Å². The number of aldehydes is 1. The summed E-state index contributed by atoms with van der Waals surface area (Å²) in [6, 6.07) is 0. The molecule has 0 unspecified atom stereocenters. The third-order valence-electron chi connectivity index (χ3n) is 1.38. The molecule has 6 heteroatoms. The third-order valence-corrected chi connectivity index (χ3v) is 1.38. The van der Waals surface area contributed by atoms with Crippen LogP contribution in [0.5, 0.6) is 0 Å². The normalized spacial score (nSPS) is 10.1. The number of rotatable bonds is 7. The lowest BCUT2D eigenvalue weighted by molar-refractivity contribution is -0.122. The van der Waals surface area contributed by atoms with Crippen molar-refractivity contribution in [2.24, 2.45) is 5.84 Å². The molecule has 3 N–H and O–H groups in total. The number of hydrazine groups is 1. The van der Waals surface area contributed by atoms with E-state index in [2.05, 4.69) is 0 Å². The molecule has 0 fully saturated rings. The molecule has 6 nitrogen and oxygen atoms in total. The molecule has 13 heavy (non-hydrogen) atoms. The SMILES string of the molecule is CN(CCOCC=O)CC(=O)NN. The van der Waals surface area contributed by atoms with Crippen LogP contribution in [0.15, 0.2) is 0 Å². The fraction of sp³-hybridized carbons (Fsp3) is 0.714. The maximum absolute atomic E-state index is 10.7. The fourth-order valence-electron chi connectivity index (χ4n) is 0.722. The molecule has 0 radical (unpaired) electrons. The minimum absolute atomic E-state index is 0.0942. The molecule has 0 aliphatic carbocycles. The summed E-state index contributed by atoms with van der Waals surface area (Å²) in [5, 5.41) is 0. The zero-order chi connectivity index (χ0) is 10.1. The maximum Gasteiger partial charge on any atom is 0.248 e. The van der Waals surface area contributed by atoms with Crippen molar-refractivity contribution in [2.45, 2.75) is 0 Å². The van der Waals surface area contributed by atoms with Gasteiger partial charge in [-0.2, -0.15) is 0 Å². The van der Waals surface area contributed by atoms with Crippen LogP contribution >= 0.6 is 0 Å². The highest BCUT2D eigenvalue weighted by Gasteiger charge is 2.03. The number of carbonyl (C=O) groups is 2. The van der Waals surface area contributed by atoms with Crippen LogP contribution in [0.4, 0.5) is 0 Å². The first-order valence-electron chi connectivity index (χ1n) is 3.90. The van der Waals surface area contributed by atoms with Gasteiger partial charge in [-0.15, -0.1) is 0 Å². The Morgan fingerprint density at radius 2 is 2.38 bits per heavy atom. The van der Waals surface area contributed by atoms with E-state index < -0.39 is 0 Å². The quantitative estimate of drug-likeness (QED) is 0.161. The summed E-state index contributed by atoms with van der Waals surface area (Å²) in [5.41, 5.74) is 2.02. The number of amides is 1. The number of nitrogens with two attached hydrogens (primary N) is 1. The molecule has 0 aromatic rings. The topological polar surface area (TPSA) is 84.7 Å². The summed E-state index contributed by atoms with van der Waals surface area (Å²) in [7, 11) is 1.76. The van der Waals surface area contributed by atoms with Gasteiger partial charge in [-0.05, 0) is 7.05 Å². The first kappa shape index (κ1) is 12.0. The van der Waals surface area contributed by atoms with Gasteiger partial charge in [-0.3, -0.25) is 15.1 Å². The lowest BCUT2D eigenvalue weighted by Gasteiger charge is -2.14. The zero-order valence-corrected chi connectivity index (χ0v) is 7.66. The van der Waals surface area contributed by atoms with Gasteiger partial charge in [0.2, 0.25) is 5.91 Å². The average Bonchev–Trinajstić information content (AvgIpc) is 2.12. The molecule has 0 aliphatic heterocycles. The van der Waals surface area contributed by atoms with E-state index in [-0.39, 0.29) is 19.1 Å². The van der Waals surface area contributed by atoms with Gasteiger partial charge in [0.25, 0.3) is 0 Å². The largest absolute Gasteiger partial charge is 0.373 e. The van der Waals surface area contributed by atoms with Crippen molar-refractivity contribution in [1.82, 2.24) is 10.3 Å². The summed E-state index contributed by atoms with van der Waals surface area (Å²) < 4.78 is 4.90. The Morgan fingerprint density at radius 3 is 2.92 bits per heavy atom. The molecule has 0 aromatic carbocycles. The number of hydrogen-bond acceptors (Lipinski definition) is 5. The minimum atomic E-state index is -0.252. The smallest absolute Gasteiger partial charge is 0.248 e. The number of nitrogens with zero attached hydrogens (tertiary/aromatic N) is 1. The maximum atomic E-state index is 10.7. The van der Waals surface area contributed by atoms with E-state index in [0.29, 0.717) is 19.4 Å². The van der Waals surface area contributed by atoms with Crippen LogP contribution in [-0.2, 0) is 14.3 Å². The lowest BCUT2D eigenvalue weighted by atomic mass is 10.5. The highest BCUT2D eigenvalue weighted by atomic mass is 16.5. The van der Waals surface area contributed by atoms with Crippen molar-refractivity contribution >= 4 is 12.2 Å². The minimum Gasteiger partial charge on any atom is -0.373 e. The molecule has 0 atom stereocenters. The van der Waals surface area contributed by atoms with Gasteiger partial charge in [0.15, 0.2) is 0 Å². The Labute approximate surface area is 77.0 Å². The van der Waals surface area contributed by atoms with Gasteiger partial charge in [0, 0.05) is 6.54 Å². The van der Waals surface area contributed by atoms with Crippen molar-refractivity contribution < 1.29 is 14.3 Å². The van der Waals surface area contributed by atoms with E-state index in [9.17, 15) is 9.59 Å². The summed E-state index contributed by atoms with van der Waals surface area (Å²) in [6.45, 7) is 1.33. The molecular weight excluding hydrogens is 174 g/mol. The number of hydrogen-bond donors (Lipinski definition) is 2. The molecule has 0 spiro atoms. The van der Waals surface area contributed by atoms with E-state index in [1.807, 2.05) is 5.43 Å². The van der Waals surface area contributed by atoms with Crippen LogP contribution in [-0.4, -0.2) is 50.4 Å². The van der Waals surface area contributed by atoms with Gasteiger partial charge < -0.3 is 9.53 Å². The van der Waals surface area contributed by atoms with E-state index in [4.69, 9.17) is 10.6 Å². The highest BCUT2D eigenvalue weighted by Crippen LogP contribution is 1.82. The van der Waals surface area contributed by atoms with Gasteiger partial charge in [-0.1, -0.05) is 0 Å². The van der Waals surface area contributed by atoms with Crippen molar-refractivity contribution in [3.63, 3.8) is 0 Å². The van der Waals surface area contributed by atoms with E-state index in [1.54, 1.807) is 11.9 Å². The Morgan fingerprint density at radius 1 is 1.69 bits per heavy atom. The Hall–Kier alpha value is -0.980. The molecule has 76 valence electrons. The molecule has 0 saturated heterocycles. The number of likely N-dealkylation sites (N-methyl/N-ethyl adjacent to an activating group) is 1. The first-order valence-corrected chi connectivity index (χ1v) is 3.90. The second-order valence-electron chi connectivity index (χ2n) is 2.55. The summed E-state index contributed by atoms with van der Waals surface area (Å²) >= 11 is 0. The van der Waals surface area contributed by atoms with Gasteiger partial charge in [0.1, 0.15) is 12.9 Å². The molecular formula is C7H15N3O3. The van der Waals surface area contributed by atoms with Gasteiger partial charge in [-0.25, -0.2) is 5.84 Å². The average molecular weight is 189 g/mol. The highest BCUT2D eigenvalue weighted by molar-refractivity contribution is 5.77. The van der Waals surface area contributed by atoms with Crippen molar-refractivity contribution in [3.8, 4) is 0 Å². The molecule has 0 bridgehead atoms. The molecule has 0 aromatic heterocycles.